The monoisotopic (exact) mass is 363 g/mol. The maximum atomic E-state index is 12.5. The first-order valence-electron chi connectivity index (χ1n) is 9.00. The van der Waals surface area contributed by atoms with Crippen molar-refractivity contribution in [3.63, 3.8) is 0 Å². The van der Waals surface area contributed by atoms with E-state index in [1.807, 2.05) is 4.90 Å². The van der Waals surface area contributed by atoms with E-state index >= 15 is 0 Å². The van der Waals surface area contributed by atoms with E-state index in [0.717, 1.165) is 32.7 Å². The summed E-state index contributed by atoms with van der Waals surface area (Å²) in [5, 5.41) is 0. The van der Waals surface area contributed by atoms with Gasteiger partial charge < -0.3 is 24.2 Å². The van der Waals surface area contributed by atoms with Crippen LogP contribution in [0.1, 0.15) is 20.3 Å². The van der Waals surface area contributed by atoms with Crippen LogP contribution in [-0.2, 0) is 9.59 Å². The smallest absolute Gasteiger partial charge is 0.224 e. The highest BCUT2D eigenvalue weighted by molar-refractivity contribution is 5.94. The van der Waals surface area contributed by atoms with Gasteiger partial charge >= 0.3 is 0 Å². The number of benzene rings is 1. The number of methoxy groups -OCH3 is 2. The molecule has 0 saturated carbocycles. The number of piperazine rings is 1. The number of ether oxygens (including phenoxy) is 2. The maximum absolute atomic E-state index is 12.5. The van der Waals surface area contributed by atoms with Crippen molar-refractivity contribution in [3.05, 3.63) is 18.2 Å². The van der Waals surface area contributed by atoms with E-state index < -0.39 is 0 Å². The van der Waals surface area contributed by atoms with Crippen molar-refractivity contribution >= 4 is 17.5 Å². The van der Waals surface area contributed by atoms with Gasteiger partial charge in [-0.3, -0.25) is 9.59 Å². The third kappa shape index (κ3) is 4.88. The molecule has 1 heterocycles. The summed E-state index contributed by atoms with van der Waals surface area (Å²) in [6, 6.07) is 5.29. The van der Waals surface area contributed by atoms with Crippen molar-refractivity contribution in [3.8, 4) is 11.5 Å². The molecule has 0 atom stereocenters. The van der Waals surface area contributed by atoms with Crippen molar-refractivity contribution in [2.24, 2.45) is 0 Å². The fourth-order valence-electron chi connectivity index (χ4n) is 3.13. The number of anilines is 1. The second-order valence-electron chi connectivity index (χ2n) is 6.27. The van der Waals surface area contributed by atoms with Crippen LogP contribution in [-0.4, -0.2) is 75.1 Å². The van der Waals surface area contributed by atoms with Crippen LogP contribution in [0.2, 0.25) is 0 Å². The van der Waals surface area contributed by atoms with Crippen molar-refractivity contribution in [2.75, 3.05) is 58.4 Å². The van der Waals surface area contributed by atoms with Gasteiger partial charge in [-0.05, 0) is 18.7 Å². The zero-order chi connectivity index (χ0) is 19.1. The lowest BCUT2D eigenvalue weighted by molar-refractivity contribution is -0.132. The summed E-state index contributed by atoms with van der Waals surface area (Å²) in [5.41, 5.74) is 0.614. The Morgan fingerprint density at radius 2 is 1.81 bits per heavy atom. The number of hydrogen-bond acceptors (Lipinski definition) is 5. The van der Waals surface area contributed by atoms with Gasteiger partial charge in [-0.1, -0.05) is 6.92 Å². The first-order valence-corrected chi connectivity index (χ1v) is 9.00. The van der Waals surface area contributed by atoms with Crippen molar-refractivity contribution < 1.29 is 19.1 Å². The Hall–Kier alpha value is -2.28. The molecule has 1 fully saturated rings. The van der Waals surface area contributed by atoms with Gasteiger partial charge in [0.1, 0.15) is 11.5 Å². The Bertz CT molecular complexity index is 627. The molecular weight excluding hydrogens is 334 g/mol. The van der Waals surface area contributed by atoms with Crippen LogP contribution in [0.25, 0.3) is 0 Å². The summed E-state index contributed by atoms with van der Waals surface area (Å²) in [7, 11) is 3.13. The van der Waals surface area contributed by atoms with E-state index in [0.29, 0.717) is 23.7 Å². The number of amides is 2. The van der Waals surface area contributed by atoms with Crippen molar-refractivity contribution in [1.29, 1.82) is 0 Å². The van der Waals surface area contributed by atoms with E-state index in [1.165, 1.54) is 6.92 Å². The predicted octanol–water partition coefficient (Wildman–Crippen LogP) is 1.61. The summed E-state index contributed by atoms with van der Waals surface area (Å²) in [5.74, 6) is 1.15. The Kier molecular flexibility index (Phi) is 7.26. The highest BCUT2D eigenvalue weighted by atomic mass is 16.5. The quantitative estimate of drug-likeness (QED) is 0.737. The van der Waals surface area contributed by atoms with Gasteiger partial charge in [-0.2, -0.15) is 0 Å². The first kappa shape index (κ1) is 20.0. The Morgan fingerprint density at radius 1 is 1.12 bits per heavy atom. The van der Waals surface area contributed by atoms with E-state index in [4.69, 9.17) is 9.47 Å². The average molecular weight is 363 g/mol. The average Bonchev–Trinajstić information content (AvgIpc) is 2.67. The molecule has 26 heavy (non-hydrogen) atoms. The van der Waals surface area contributed by atoms with Crippen LogP contribution >= 0.6 is 0 Å². The number of rotatable bonds is 7. The minimum absolute atomic E-state index is 0.0777. The summed E-state index contributed by atoms with van der Waals surface area (Å²) < 4.78 is 10.6. The molecule has 7 nitrogen and oxygen atoms in total. The van der Waals surface area contributed by atoms with Crippen LogP contribution < -0.4 is 14.4 Å². The number of carbonyl (C=O) groups excluding carboxylic acids is 2. The van der Waals surface area contributed by atoms with Crippen LogP contribution in [0.15, 0.2) is 18.2 Å². The van der Waals surface area contributed by atoms with E-state index in [9.17, 15) is 9.59 Å². The van der Waals surface area contributed by atoms with Crippen LogP contribution in [0.3, 0.4) is 0 Å². The molecule has 0 aromatic heterocycles. The topological polar surface area (TPSA) is 62.3 Å². The number of nitrogens with zero attached hydrogens (tertiary/aromatic N) is 3. The van der Waals surface area contributed by atoms with Gasteiger partial charge in [0.25, 0.3) is 0 Å². The van der Waals surface area contributed by atoms with Gasteiger partial charge in [-0.25, -0.2) is 0 Å². The molecule has 0 radical (unpaired) electrons. The summed E-state index contributed by atoms with van der Waals surface area (Å²) in [4.78, 5) is 30.5. The minimum Gasteiger partial charge on any atom is -0.497 e. The highest BCUT2D eigenvalue weighted by Crippen LogP contribution is 2.32. The zero-order valence-corrected chi connectivity index (χ0v) is 16.2. The molecule has 7 heteroatoms. The molecule has 2 rings (SSSR count). The largest absolute Gasteiger partial charge is 0.497 e. The van der Waals surface area contributed by atoms with Crippen LogP contribution in [0.4, 0.5) is 5.69 Å². The second-order valence-corrected chi connectivity index (χ2v) is 6.27. The number of likely N-dealkylation sites (N-methyl/N-ethyl adjacent to an activating group) is 1. The molecule has 1 aliphatic rings. The minimum atomic E-state index is -0.139. The predicted molar refractivity (Wildman–Crippen MR) is 101 cm³/mol. The molecule has 1 aromatic carbocycles. The highest BCUT2D eigenvalue weighted by Gasteiger charge is 2.23. The molecule has 0 N–H and O–H groups in total. The number of carbonyl (C=O) groups is 2. The summed E-state index contributed by atoms with van der Waals surface area (Å²) in [6.45, 7) is 8.24. The van der Waals surface area contributed by atoms with E-state index in [-0.39, 0.29) is 18.2 Å². The maximum Gasteiger partial charge on any atom is 0.224 e. The molecule has 144 valence electrons. The lowest BCUT2D eigenvalue weighted by Crippen LogP contribution is -2.49. The Balaban J connectivity index is 2.05. The normalized spacial score (nSPS) is 14.8. The van der Waals surface area contributed by atoms with Crippen molar-refractivity contribution in [2.45, 2.75) is 20.3 Å². The molecule has 0 unspecified atom stereocenters. The van der Waals surface area contributed by atoms with Gasteiger partial charge in [0.2, 0.25) is 11.8 Å². The SMILES string of the molecule is CCN1CCN(C(=O)CCN(C(C)=O)c2cc(OC)ccc2OC)CC1. The summed E-state index contributed by atoms with van der Waals surface area (Å²) >= 11 is 0. The molecule has 1 aliphatic heterocycles. The molecule has 1 saturated heterocycles. The molecular formula is C19H29N3O4. The Labute approximate surface area is 155 Å². The molecule has 0 bridgehead atoms. The number of hydrogen-bond donors (Lipinski definition) is 0. The van der Waals surface area contributed by atoms with Crippen molar-refractivity contribution in [1.82, 2.24) is 9.80 Å². The molecule has 0 aliphatic carbocycles. The van der Waals surface area contributed by atoms with E-state index in [1.54, 1.807) is 37.3 Å². The third-order valence-corrected chi connectivity index (χ3v) is 4.78. The first-order chi connectivity index (χ1) is 12.5. The Morgan fingerprint density at radius 3 is 2.35 bits per heavy atom. The molecule has 2 amide bonds. The van der Waals surface area contributed by atoms with Gasteiger partial charge in [0.05, 0.1) is 19.9 Å². The fourth-order valence-corrected chi connectivity index (χ4v) is 3.13. The molecule has 0 spiro atoms. The van der Waals surface area contributed by atoms with Crippen LogP contribution in [0.5, 0.6) is 11.5 Å². The lowest BCUT2D eigenvalue weighted by atomic mass is 10.2. The molecule has 1 aromatic rings. The second kappa shape index (κ2) is 9.43. The van der Waals surface area contributed by atoms with Gasteiger partial charge in [-0.15, -0.1) is 0 Å². The van der Waals surface area contributed by atoms with Crippen LogP contribution in [0, 0.1) is 0 Å². The third-order valence-electron chi connectivity index (χ3n) is 4.78. The zero-order valence-electron chi connectivity index (χ0n) is 16.2. The lowest BCUT2D eigenvalue weighted by Gasteiger charge is -2.34. The standard InChI is InChI=1S/C19H29N3O4/c1-5-20-10-12-21(13-11-20)19(24)8-9-22(15(2)23)17-14-16(25-3)6-7-18(17)26-4/h6-7,14H,5,8-13H2,1-4H3. The summed E-state index contributed by atoms with van der Waals surface area (Å²) in [6.07, 6.45) is 0.284. The fraction of sp³-hybridized carbons (Fsp3) is 0.579. The van der Waals surface area contributed by atoms with Gasteiger partial charge in [0, 0.05) is 52.1 Å². The van der Waals surface area contributed by atoms with Gasteiger partial charge in [0.15, 0.2) is 0 Å². The van der Waals surface area contributed by atoms with E-state index in [2.05, 4.69) is 11.8 Å².